The number of nitrogens with one attached hydrogen (secondary N) is 1. The van der Waals surface area contributed by atoms with Gasteiger partial charge >= 0.3 is 5.97 Å². The Bertz CT molecular complexity index is 528. The summed E-state index contributed by atoms with van der Waals surface area (Å²) in [6, 6.07) is 7.63. The Morgan fingerprint density at radius 3 is 2.88 bits per heavy atom. The van der Waals surface area contributed by atoms with Gasteiger partial charge in [0.05, 0.1) is 30.8 Å². The van der Waals surface area contributed by atoms with Crippen molar-refractivity contribution in [2.75, 3.05) is 19.0 Å². The molecule has 0 atom stereocenters. The minimum atomic E-state index is -0.244. The highest BCUT2D eigenvalue weighted by molar-refractivity contribution is 5.75. The molecule has 0 aliphatic rings. The first-order valence-electron chi connectivity index (χ1n) is 5.32. The first-order chi connectivity index (χ1) is 8.29. The van der Waals surface area contributed by atoms with Crippen molar-refractivity contribution in [3.63, 3.8) is 0 Å². The SMILES string of the molecule is COC(=O)CCNc1cnc2ccccc2n1. The van der Waals surface area contributed by atoms with E-state index in [1.165, 1.54) is 7.11 Å². The van der Waals surface area contributed by atoms with E-state index in [-0.39, 0.29) is 5.97 Å². The van der Waals surface area contributed by atoms with Crippen molar-refractivity contribution in [3.05, 3.63) is 30.5 Å². The summed E-state index contributed by atoms with van der Waals surface area (Å²) in [6.45, 7) is 0.486. The molecule has 1 heterocycles. The number of hydrogen-bond donors (Lipinski definition) is 1. The Labute approximate surface area is 98.8 Å². The summed E-state index contributed by atoms with van der Waals surface area (Å²) in [5.74, 6) is 0.416. The molecule has 0 saturated heterocycles. The van der Waals surface area contributed by atoms with Gasteiger partial charge in [-0.2, -0.15) is 0 Å². The normalized spacial score (nSPS) is 10.2. The third-order valence-corrected chi connectivity index (χ3v) is 2.31. The zero-order valence-electron chi connectivity index (χ0n) is 9.51. The third kappa shape index (κ3) is 2.90. The maximum Gasteiger partial charge on any atom is 0.307 e. The monoisotopic (exact) mass is 231 g/mol. The number of esters is 1. The van der Waals surface area contributed by atoms with Crippen LogP contribution in [-0.2, 0) is 9.53 Å². The molecule has 0 unspecified atom stereocenters. The van der Waals surface area contributed by atoms with Gasteiger partial charge in [-0.3, -0.25) is 9.78 Å². The maximum absolute atomic E-state index is 10.9. The number of fused-ring (bicyclic) bond motifs is 1. The molecule has 0 fully saturated rings. The lowest BCUT2D eigenvalue weighted by Gasteiger charge is -2.05. The molecule has 0 amide bonds. The smallest absolute Gasteiger partial charge is 0.307 e. The van der Waals surface area contributed by atoms with Crippen LogP contribution in [0.3, 0.4) is 0 Å². The number of hydrogen-bond acceptors (Lipinski definition) is 5. The molecule has 0 aliphatic carbocycles. The standard InChI is InChI=1S/C12H13N3O2/c1-17-12(16)6-7-13-11-8-14-9-4-2-3-5-10(9)15-11/h2-5,8H,6-7H2,1H3,(H,13,15). The van der Waals surface area contributed by atoms with Gasteiger partial charge in [-0.1, -0.05) is 12.1 Å². The minimum absolute atomic E-state index is 0.244. The molecule has 5 heteroatoms. The number of benzene rings is 1. The summed E-state index contributed by atoms with van der Waals surface area (Å²) in [7, 11) is 1.37. The van der Waals surface area contributed by atoms with E-state index in [2.05, 4.69) is 20.0 Å². The number of carbonyl (C=O) groups excluding carboxylic acids is 1. The predicted molar refractivity (Wildman–Crippen MR) is 64.7 cm³/mol. The highest BCUT2D eigenvalue weighted by atomic mass is 16.5. The molecular weight excluding hydrogens is 218 g/mol. The summed E-state index contributed by atoms with van der Waals surface area (Å²) in [4.78, 5) is 19.5. The number of aromatic nitrogens is 2. The molecule has 5 nitrogen and oxygen atoms in total. The average molecular weight is 231 g/mol. The van der Waals surface area contributed by atoms with Crippen LogP contribution in [0.5, 0.6) is 0 Å². The van der Waals surface area contributed by atoms with Gasteiger partial charge in [0, 0.05) is 6.54 Å². The molecule has 1 aromatic heterocycles. The van der Waals surface area contributed by atoms with Crippen LogP contribution in [0.4, 0.5) is 5.82 Å². The minimum Gasteiger partial charge on any atom is -0.469 e. The van der Waals surface area contributed by atoms with Gasteiger partial charge in [0.15, 0.2) is 0 Å². The number of rotatable bonds is 4. The quantitative estimate of drug-likeness (QED) is 0.810. The largest absolute Gasteiger partial charge is 0.469 e. The number of nitrogens with zero attached hydrogens (tertiary/aromatic N) is 2. The molecule has 2 rings (SSSR count). The first-order valence-corrected chi connectivity index (χ1v) is 5.32. The van der Waals surface area contributed by atoms with Gasteiger partial charge in [0.2, 0.25) is 0 Å². The average Bonchev–Trinajstić information content (AvgIpc) is 2.38. The van der Waals surface area contributed by atoms with Crippen LogP contribution in [0.25, 0.3) is 11.0 Å². The summed E-state index contributed by atoms with van der Waals surface area (Å²) in [6.07, 6.45) is 1.96. The molecule has 0 aliphatic heterocycles. The lowest BCUT2D eigenvalue weighted by Crippen LogP contribution is -2.10. The Hall–Kier alpha value is -2.17. The van der Waals surface area contributed by atoms with E-state index < -0.39 is 0 Å². The molecule has 0 bridgehead atoms. The second-order valence-electron chi connectivity index (χ2n) is 3.50. The third-order valence-electron chi connectivity index (χ3n) is 2.31. The number of carbonyl (C=O) groups is 1. The predicted octanol–water partition coefficient (Wildman–Crippen LogP) is 1.60. The topological polar surface area (TPSA) is 64.1 Å². The number of para-hydroxylation sites is 2. The highest BCUT2D eigenvalue weighted by Crippen LogP contribution is 2.10. The number of anilines is 1. The zero-order valence-corrected chi connectivity index (χ0v) is 9.51. The first kappa shape index (κ1) is 11.3. The molecule has 88 valence electrons. The van der Waals surface area contributed by atoms with Crippen molar-refractivity contribution >= 4 is 22.8 Å². The fourth-order valence-electron chi connectivity index (χ4n) is 1.44. The van der Waals surface area contributed by atoms with Crippen LogP contribution < -0.4 is 5.32 Å². The fraction of sp³-hybridized carbons (Fsp3) is 0.250. The van der Waals surface area contributed by atoms with E-state index in [0.29, 0.717) is 18.8 Å². The van der Waals surface area contributed by atoms with Gasteiger partial charge < -0.3 is 10.1 Å². The fourth-order valence-corrected chi connectivity index (χ4v) is 1.44. The summed E-state index contributed by atoms with van der Waals surface area (Å²) in [5.41, 5.74) is 1.68. The summed E-state index contributed by atoms with van der Waals surface area (Å²) in [5, 5.41) is 3.03. The van der Waals surface area contributed by atoms with Gasteiger partial charge in [0.1, 0.15) is 5.82 Å². The molecular formula is C12H13N3O2. The van der Waals surface area contributed by atoms with Gasteiger partial charge in [-0.15, -0.1) is 0 Å². The van der Waals surface area contributed by atoms with Crippen molar-refractivity contribution in [2.24, 2.45) is 0 Å². The molecule has 0 radical (unpaired) electrons. The Morgan fingerprint density at radius 2 is 2.12 bits per heavy atom. The van der Waals surface area contributed by atoms with E-state index in [9.17, 15) is 4.79 Å². The van der Waals surface area contributed by atoms with Gasteiger partial charge in [-0.25, -0.2) is 4.98 Å². The lowest BCUT2D eigenvalue weighted by molar-refractivity contribution is -0.140. The molecule has 17 heavy (non-hydrogen) atoms. The van der Waals surface area contributed by atoms with Gasteiger partial charge in [0.25, 0.3) is 0 Å². The molecule has 0 spiro atoms. The lowest BCUT2D eigenvalue weighted by atomic mass is 10.3. The Balaban J connectivity index is 2.02. The van der Waals surface area contributed by atoms with E-state index in [4.69, 9.17) is 0 Å². The van der Waals surface area contributed by atoms with Crippen molar-refractivity contribution in [3.8, 4) is 0 Å². The summed E-state index contributed by atoms with van der Waals surface area (Å²) >= 11 is 0. The number of ether oxygens (including phenoxy) is 1. The zero-order chi connectivity index (χ0) is 12.1. The van der Waals surface area contributed by atoms with Crippen LogP contribution in [0.1, 0.15) is 6.42 Å². The van der Waals surface area contributed by atoms with Crippen LogP contribution >= 0.6 is 0 Å². The Morgan fingerprint density at radius 1 is 1.35 bits per heavy atom. The van der Waals surface area contributed by atoms with E-state index in [1.807, 2.05) is 24.3 Å². The van der Waals surface area contributed by atoms with Crippen molar-refractivity contribution in [1.29, 1.82) is 0 Å². The van der Waals surface area contributed by atoms with Crippen LogP contribution in [0, 0.1) is 0 Å². The second kappa shape index (κ2) is 5.25. The molecule has 2 aromatic rings. The van der Waals surface area contributed by atoms with Gasteiger partial charge in [-0.05, 0) is 12.1 Å². The van der Waals surface area contributed by atoms with E-state index >= 15 is 0 Å². The van der Waals surface area contributed by atoms with Crippen LogP contribution in [0.2, 0.25) is 0 Å². The summed E-state index contributed by atoms with van der Waals surface area (Å²) < 4.78 is 4.54. The van der Waals surface area contributed by atoms with Crippen LogP contribution in [-0.4, -0.2) is 29.6 Å². The Kier molecular flexibility index (Phi) is 3.49. The molecule has 0 saturated carbocycles. The van der Waals surface area contributed by atoms with E-state index in [0.717, 1.165) is 11.0 Å². The van der Waals surface area contributed by atoms with E-state index in [1.54, 1.807) is 6.20 Å². The molecule has 1 aromatic carbocycles. The maximum atomic E-state index is 10.9. The van der Waals surface area contributed by atoms with Crippen molar-refractivity contribution < 1.29 is 9.53 Å². The molecule has 1 N–H and O–H groups in total. The number of methoxy groups -OCH3 is 1. The highest BCUT2D eigenvalue weighted by Gasteiger charge is 2.01. The second-order valence-corrected chi connectivity index (χ2v) is 3.50. The van der Waals surface area contributed by atoms with Crippen molar-refractivity contribution in [2.45, 2.75) is 6.42 Å². The van der Waals surface area contributed by atoms with Crippen LogP contribution in [0.15, 0.2) is 30.5 Å². The van der Waals surface area contributed by atoms with Crippen molar-refractivity contribution in [1.82, 2.24) is 9.97 Å².